The second kappa shape index (κ2) is 8.86. The summed E-state index contributed by atoms with van der Waals surface area (Å²) in [5, 5.41) is 8.96. The summed E-state index contributed by atoms with van der Waals surface area (Å²) in [7, 11) is 0. The second-order valence-electron chi connectivity index (χ2n) is 8.89. The highest BCUT2D eigenvalue weighted by molar-refractivity contribution is 5.79. The number of anilines is 1. The first-order chi connectivity index (χ1) is 15.5. The molecule has 3 heterocycles. The molecule has 0 radical (unpaired) electrons. The maximum Gasteiger partial charge on any atom is 0.303 e. The number of imidazole rings is 1. The van der Waals surface area contributed by atoms with Crippen LogP contribution in [0.2, 0.25) is 0 Å². The summed E-state index contributed by atoms with van der Waals surface area (Å²) in [6.07, 6.45) is 7.22. The number of fused-ring (bicyclic) bond motifs is 1. The minimum Gasteiger partial charge on any atom is -0.481 e. The monoisotopic (exact) mass is 438 g/mol. The fraction of sp³-hybridized carbons (Fsp3) is 0.458. The number of rotatable bonds is 6. The number of aromatic nitrogens is 3. The molecule has 7 nitrogen and oxygen atoms in total. The molecule has 2 fully saturated rings. The van der Waals surface area contributed by atoms with Gasteiger partial charge in [0.05, 0.1) is 23.2 Å². The van der Waals surface area contributed by atoms with Gasteiger partial charge in [-0.1, -0.05) is 0 Å². The van der Waals surface area contributed by atoms with Crippen molar-refractivity contribution in [2.75, 3.05) is 18.0 Å². The number of carboxylic acids is 1. The Kier molecular flexibility index (Phi) is 5.78. The third-order valence-corrected chi connectivity index (χ3v) is 6.58. The summed E-state index contributed by atoms with van der Waals surface area (Å²) in [4.78, 5) is 25.4. The maximum absolute atomic E-state index is 13.4. The van der Waals surface area contributed by atoms with Gasteiger partial charge in [-0.2, -0.15) is 0 Å². The Hall–Kier alpha value is -3.00. The summed E-state index contributed by atoms with van der Waals surface area (Å²) in [5.74, 6) is 0.882. The van der Waals surface area contributed by atoms with Crippen molar-refractivity contribution >= 4 is 22.8 Å². The molecule has 3 aromatic rings. The molecule has 1 aromatic carbocycles. The minimum absolute atomic E-state index is 0.183. The molecule has 0 spiro atoms. The van der Waals surface area contributed by atoms with Crippen LogP contribution in [0.25, 0.3) is 22.4 Å². The number of aromatic amines is 1. The highest BCUT2D eigenvalue weighted by atomic mass is 19.1. The van der Waals surface area contributed by atoms with Crippen molar-refractivity contribution in [3.63, 3.8) is 0 Å². The smallest absolute Gasteiger partial charge is 0.303 e. The van der Waals surface area contributed by atoms with E-state index in [1.807, 2.05) is 12.1 Å². The molecule has 0 unspecified atom stereocenters. The summed E-state index contributed by atoms with van der Waals surface area (Å²) in [6.45, 7) is 1.71. The average Bonchev–Trinajstić information content (AvgIpc) is 3.42. The second-order valence-corrected chi connectivity index (χ2v) is 8.89. The summed E-state index contributed by atoms with van der Waals surface area (Å²) in [6, 6.07) is 8.48. The zero-order valence-corrected chi connectivity index (χ0v) is 17.8. The number of hydrogen-bond acceptors (Lipinski definition) is 5. The number of aliphatic carboxylic acids is 1. The van der Waals surface area contributed by atoms with E-state index in [9.17, 15) is 9.18 Å². The molecule has 8 heteroatoms. The summed E-state index contributed by atoms with van der Waals surface area (Å²) < 4.78 is 19.8. The molecular formula is C24H27FN4O3. The predicted octanol–water partition coefficient (Wildman–Crippen LogP) is 4.39. The Balaban J connectivity index is 1.16. The first-order valence-electron chi connectivity index (χ1n) is 11.3. The zero-order valence-electron chi connectivity index (χ0n) is 17.8. The minimum atomic E-state index is -0.700. The lowest BCUT2D eigenvalue weighted by atomic mass is 9.85. The number of carboxylic acid groups (broad SMARTS) is 1. The lowest BCUT2D eigenvalue weighted by Gasteiger charge is -2.29. The van der Waals surface area contributed by atoms with Gasteiger partial charge in [0.15, 0.2) is 0 Å². The van der Waals surface area contributed by atoms with E-state index in [1.165, 1.54) is 12.1 Å². The van der Waals surface area contributed by atoms with Crippen LogP contribution < -0.4 is 4.90 Å². The molecule has 32 heavy (non-hydrogen) atoms. The Bertz CT molecular complexity index is 1090. The van der Waals surface area contributed by atoms with Crippen molar-refractivity contribution in [1.29, 1.82) is 0 Å². The van der Waals surface area contributed by atoms with Crippen molar-refractivity contribution in [1.82, 2.24) is 15.0 Å². The Morgan fingerprint density at radius 3 is 2.75 bits per heavy atom. The van der Waals surface area contributed by atoms with Gasteiger partial charge in [0.1, 0.15) is 17.5 Å². The summed E-state index contributed by atoms with van der Waals surface area (Å²) >= 11 is 0. The Morgan fingerprint density at radius 1 is 1.16 bits per heavy atom. The standard InChI is InChI=1S/C24H27FN4O3/c25-17-4-7-20-21(12-17)28-24(27-20)16-3-8-22(26-13-16)29-10-9-19(14-29)32-18-5-1-15(2-6-18)11-23(30)31/h3-4,7-8,12-13,15,18-19H,1-2,5-6,9-11,14H2,(H,27,28)(H,30,31)/t15?,18?,19-/m1/s1. The van der Waals surface area contributed by atoms with E-state index in [4.69, 9.17) is 9.84 Å². The van der Waals surface area contributed by atoms with Crippen LogP contribution in [0.5, 0.6) is 0 Å². The number of halogens is 1. The van der Waals surface area contributed by atoms with Crippen LogP contribution in [0, 0.1) is 11.7 Å². The van der Waals surface area contributed by atoms with E-state index < -0.39 is 5.97 Å². The van der Waals surface area contributed by atoms with Gasteiger partial charge in [0.2, 0.25) is 0 Å². The van der Waals surface area contributed by atoms with Crippen molar-refractivity contribution < 1.29 is 19.0 Å². The highest BCUT2D eigenvalue weighted by Crippen LogP contribution is 2.31. The maximum atomic E-state index is 13.4. The molecule has 2 aromatic heterocycles. The molecule has 1 aliphatic carbocycles. The van der Waals surface area contributed by atoms with Crippen molar-refractivity contribution in [3.8, 4) is 11.4 Å². The van der Waals surface area contributed by atoms with Crippen LogP contribution in [0.1, 0.15) is 38.5 Å². The van der Waals surface area contributed by atoms with E-state index >= 15 is 0 Å². The first-order valence-corrected chi connectivity index (χ1v) is 11.3. The number of nitrogens with zero attached hydrogens (tertiary/aromatic N) is 3. The number of hydrogen-bond donors (Lipinski definition) is 2. The van der Waals surface area contributed by atoms with E-state index in [2.05, 4.69) is 19.9 Å². The third kappa shape index (κ3) is 4.60. The molecule has 0 amide bonds. The van der Waals surface area contributed by atoms with Crippen molar-refractivity contribution in [2.45, 2.75) is 50.7 Å². The van der Waals surface area contributed by atoms with E-state index in [1.54, 1.807) is 12.3 Å². The lowest BCUT2D eigenvalue weighted by Crippen LogP contribution is -2.30. The number of benzene rings is 1. The largest absolute Gasteiger partial charge is 0.481 e. The summed E-state index contributed by atoms with van der Waals surface area (Å²) in [5.41, 5.74) is 2.25. The van der Waals surface area contributed by atoms with Crippen LogP contribution >= 0.6 is 0 Å². The Morgan fingerprint density at radius 2 is 2.00 bits per heavy atom. The lowest BCUT2D eigenvalue weighted by molar-refractivity contribution is -0.138. The van der Waals surface area contributed by atoms with E-state index in [-0.39, 0.29) is 24.4 Å². The van der Waals surface area contributed by atoms with Crippen LogP contribution in [0.4, 0.5) is 10.2 Å². The number of carbonyl (C=O) groups is 1. The van der Waals surface area contributed by atoms with Crippen molar-refractivity contribution in [3.05, 3.63) is 42.3 Å². The van der Waals surface area contributed by atoms with Gasteiger partial charge in [0.25, 0.3) is 0 Å². The zero-order chi connectivity index (χ0) is 22.1. The normalized spacial score (nSPS) is 23.7. The van der Waals surface area contributed by atoms with Gasteiger partial charge in [-0.05, 0) is 68.4 Å². The van der Waals surface area contributed by atoms with Crippen LogP contribution in [-0.2, 0) is 9.53 Å². The fourth-order valence-electron chi connectivity index (χ4n) is 4.87. The van der Waals surface area contributed by atoms with Crippen LogP contribution in [-0.4, -0.2) is 51.3 Å². The molecule has 1 saturated heterocycles. The van der Waals surface area contributed by atoms with Crippen molar-refractivity contribution in [2.24, 2.45) is 5.92 Å². The molecule has 1 atom stereocenters. The molecule has 2 N–H and O–H groups in total. The Labute approximate surface area is 185 Å². The molecule has 1 saturated carbocycles. The number of ether oxygens (including phenoxy) is 1. The molecule has 168 valence electrons. The molecule has 5 rings (SSSR count). The first kappa shape index (κ1) is 20.9. The SMILES string of the molecule is O=C(O)CC1CCC(O[C@@H]2CCN(c3ccc(-c4nc5ccc(F)cc5[nH]4)cn3)C2)CC1. The van der Waals surface area contributed by atoms with Gasteiger partial charge < -0.3 is 19.7 Å². The number of nitrogens with one attached hydrogen (secondary N) is 1. The van der Waals surface area contributed by atoms with E-state index in [0.29, 0.717) is 17.3 Å². The average molecular weight is 439 g/mol. The number of H-pyrrole nitrogens is 1. The fourth-order valence-corrected chi connectivity index (χ4v) is 4.87. The molecule has 0 bridgehead atoms. The topological polar surface area (TPSA) is 91.3 Å². The third-order valence-electron chi connectivity index (χ3n) is 6.58. The molecule has 1 aliphatic heterocycles. The predicted molar refractivity (Wildman–Crippen MR) is 119 cm³/mol. The highest BCUT2D eigenvalue weighted by Gasteiger charge is 2.29. The molecule has 2 aliphatic rings. The number of pyridine rings is 1. The van der Waals surface area contributed by atoms with Crippen LogP contribution in [0.3, 0.4) is 0 Å². The quantitative estimate of drug-likeness (QED) is 0.593. The van der Waals surface area contributed by atoms with Gasteiger partial charge in [-0.25, -0.2) is 14.4 Å². The van der Waals surface area contributed by atoms with Crippen LogP contribution in [0.15, 0.2) is 36.5 Å². The van der Waals surface area contributed by atoms with Gasteiger partial charge in [-0.15, -0.1) is 0 Å². The van der Waals surface area contributed by atoms with Gasteiger partial charge in [0, 0.05) is 31.3 Å². The van der Waals surface area contributed by atoms with Gasteiger partial charge in [-0.3, -0.25) is 4.79 Å². The van der Waals surface area contributed by atoms with Gasteiger partial charge >= 0.3 is 5.97 Å². The molecular weight excluding hydrogens is 411 g/mol. The van der Waals surface area contributed by atoms with E-state index in [0.717, 1.165) is 62.1 Å².